The Morgan fingerprint density at radius 1 is 0.906 bits per heavy atom. The molecule has 0 unspecified atom stereocenters. The first-order valence-corrected chi connectivity index (χ1v) is 10.6. The second-order valence-corrected chi connectivity index (χ2v) is 7.41. The van der Waals surface area contributed by atoms with Crippen LogP contribution in [-0.4, -0.2) is 32.1 Å². The van der Waals surface area contributed by atoms with E-state index in [0.717, 1.165) is 5.56 Å². The molecule has 0 bridgehead atoms. The minimum atomic E-state index is -0.317. The van der Waals surface area contributed by atoms with E-state index in [0.29, 0.717) is 53.8 Å². The van der Waals surface area contributed by atoms with Crippen molar-refractivity contribution in [1.29, 1.82) is 0 Å². The van der Waals surface area contributed by atoms with Crippen molar-refractivity contribution in [3.05, 3.63) is 94.5 Å². The first kappa shape index (κ1) is 23.3. The Hall–Kier alpha value is -3.35. The van der Waals surface area contributed by atoms with Crippen LogP contribution in [-0.2, 0) is 11.3 Å². The molecule has 7 heteroatoms. The van der Waals surface area contributed by atoms with Crippen LogP contribution < -0.4 is 15.4 Å². The van der Waals surface area contributed by atoms with Gasteiger partial charge in [-0.05, 0) is 48.9 Å². The number of ether oxygens (including phenoxy) is 2. The molecule has 0 radical (unpaired) electrons. The maximum atomic E-state index is 12.7. The van der Waals surface area contributed by atoms with Gasteiger partial charge in [-0.2, -0.15) is 0 Å². The molecular formula is C25H25ClN2O4. The number of carbonyl (C=O) groups is 2. The molecule has 6 nitrogen and oxygen atoms in total. The summed E-state index contributed by atoms with van der Waals surface area (Å²) in [4.78, 5) is 25.2. The van der Waals surface area contributed by atoms with Gasteiger partial charge < -0.3 is 20.1 Å². The van der Waals surface area contributed by atoms with Crippen molar-refractivity contribution >= 4 is 29.1 Å². The molecule has 3 aromatic rings. The summed E-state index contributed by atoms with van der Waals surface area (Å²) in [6.07, 6.45) is 0.710. The van der Waals surface area contributed by atoms with Crippen LogP contribution in [0.2, 0.25) is 5.02 Å². The third-order valence-corrected chi connectivity index (χ3v) is 5.07. The van der Waals surface area contributed by atoms with Gasteiger partial charge in [0, 0.05) is 36.4 Å². The molecule has 0 aliphatic heterocycles. The number of hydrogen-bond acceptors (Lipinski definition) is 4. The maximum absolute atomic E-state index is 12.7. The zero-order valence-corrected chi connectivity index (χ0v) is 18.5. The van der Waals surface area contributed by atoms with Gasteiger partial charge in [-0.25, -0.2) is 0 Å². The molecule has 0 aliphatic carbocycles. The Kier molecular flexibility index (Phi) is 8.66. The molecular weight excluding hydrogens is 428 g/mol. The second kappa shape index (κ2) is 11.9. The molecule has 166 valence electrons. The highest BCUT2D eigenvalue weighted by atomic mass is 35.5. The standard InChI is InChI=1S/C25H25ClN2O4/c1-31-16-6-15-27-25(30)21-8-3-5-10-23(21)28-24(29)18-11-13-20(14-12-18)32-17-19-7-2-4-9-22(19)26/h2-5,7-14H,6,15-17H2,1H3,(H,27,30)(H,28,29). The van der Waals surface area contributed by atoms with Crippen LogP contribution >= 0.6 is 11.6 Å². The van der Waals surface area contributed by atoms with Crippen molar-refractivity contribution < 1.29 is 19.1 Å². The summed E-state index contributed by atoms with van der Waals surface area (Å²) in [7, 11) is 1.62. The first-order chi connectivity index (χ1) is 15.6. The zero-order chi connectivity index (χ0) is 22.8. The van der Waals surface area contributed by atoms with E-state index in [1.807, 2.05) is 24.3 Å². The Morgan fingerprint density at radius 2 is 1.62 bits per heavy atom. The normalized spacial score (nSPS) is 10.4. The summed E-state index contributed by atoms with van der Waals surface area (Å²) in [6, 6.07) is 21.2. The monoisotopic (exact) mass is 452 g/mol. The van der Waals surface area contributed by atoms with Gasteiger partial charge in [-0.3, -0.25) is 9.59 Å². The topological polar surface area (TPSA) is 76.7 Å². The van der Waals surface area contributed by atoms with Crippen molar-refractivity contribution in [2.45, 2.75) is 13.0 Å². The Bertz CT molecular complexity index is 1050. The molecule has 3 aromatic carbocycles. The number of rotatable bonds is 10. The molecule has 0 fully saturated rings. The van der Waals surface area contributed by atoms with E-state index in [-0.39, 0.29) is 11.8 Å². The van der Waals surface area contributed by atoms with Crippen molar-refractivity contribution in [1.82, 2.24) is 5.32 Å². The third kappa shape index (κ3) is 6.57. The number of nitrogens with one attached hydrogen (secondary N) is 2. The highest BCUT2D eigenvalue weighted by molar-refractivity contribution is 6.31. The van der Waals surface area contributed by atoms with Crippen LogP contribution in [0.3, 0.4) is 0 Å². The molecule has 0 atom stereocenters. The molecule has 0 aliphatic rings. The van der Waals surface area contributed by atoms with Gasteiger partial charge in [0.05, 0.1) is 11.3 Å². The van der Waals surface area contributed by atoms with Crippen LogP contribution in [0.4, 0.5) is 5.69 Å². The molecule has 0 heterocycles. The van der Waals surface area contributed by atoms with Gasteiger partial charge in [0.1, 0.15) is 12.4 Å². The van der Waals surface area contributed by atoms with Gasteiger partial charge in [0.25, 0.3) is 11.8 Å². The van der Waals surface area contributed by atoms with Crippen LogP contribution in [0, 0.1) is 0 Å². The molecule has 0 spiro atoms. The van der Waals surface area contributed by atoms with Gasteiger partial charge in [-0.1, -0.05) is 41.9 Å². The number of halogens is 1. The van der Waals surface area contributed by atoms with Crippen molar-refractivity contribution in [2.75, 3.05) is 25.6 Å². The van der Waals surface area contributed by atoms with Crippen LogP contribution in [0.1, 0.15) is 32.7 Å². The Balaban J connectivity index is 1.60. The largest absolute Gasteiger partial charge is 0.489 e. The van der Waals surface area contributed by atoms with Crippen molar-refractivity contribution in [2.24, 2.45) is 0 Å². The number of methoxy groups -OCH3 is 1. The fraction of sp³-hybridized carbons (Fsp3) is 0.200. The first-order valence-electron chi connectivity index (χ1n) is 10.2. The number of amides is 2. The van der Waals surface area contributed by atoms with Gasteiger partial charge >= 0.3 is 0 Å². The highest BCUT2D eigenvalue weighted by Crippen LogP contribution is 2.20. The summed E-state index contributed by atoms with van der Waals surface area (Å²) in [6.45, 7) is 1.39. The van der Waals surface area contributed by atoms with E-state index in [4.69, 9.17) is 21.1 Å². The number of hydrogen-bond donors (Lipinski definition) is 2. The van der Waals surface area contributed by atoms with E-state index >= 15 is 0 Å². The molecule has 0 aromatic heterocycles. The summed E-state index contributed by atoms with van der Waals surface area (Å²) >= 11 is 6.14. The fourth-order valence-electron chi connectivity index (χ4n) is 2.98. The quantitative estimate of drug-likeness (QED) is 0.427. The third-order valence-electron chi connectivity index (χ3n) is 4.70. The van der Waals surface area contributed by atoms with Gasteiger partial charge in [0.2, 0.25) is 0 Å². The van der Waals surface area contributed by atoms with Crippen LogP contribution in [0.5, 0.6) is 5.75 Å². The van der Waals surface area contributed by atoms with E-state index in [1.54, 1.807) is 55.6 Å². The number of carbonyl (C=O) groups excluding carboxylic acids is 2. The molecule has 32 heavy (non-hydrogen) atoms. The predicted octanol–water partition coefficient (Wildman–Crippen LogP) is 4.94. The van der Waals surface area contributed by atoms with Gasteiger partial charge in [-0.15, -0.1) is 0 Å². The lowest BCUT2D eigenvalue weighted by atomic mass is 10.1. The average Bonchev–Trinajstić information content (AvgIpc) is 2.82. The molecule has 0 saturated carbocycles. The highest BCUT2D eigenvalue weighted by Gasteiger charge is 2.14. The summed E-state index contributed by atoms with van der Waals surface area (Å²) in [5, 5.41) is 6.28. The lowest BCUT2D eigenvalue weighted by molar-refractivity contribution is 0.0949. The molecule has 0 saturated heterocycles. The van der Waals surface area contributed by atoms with E-state index in [9.17, 15) is 9.59 Å². The van der Waals surface area contributed by atoms with E-state index in [2.05, 4.69) is 10.6 Å². The average molecular weight is 453 g/mol. The lowest BCUT2D eigenvalue weighted by Gasteiger charge is -2.12. The summed E-state index contributed by atoms with van der Waals surface area (Å²) in [5.74, 6) is 0.0555. The summed E-state index contributed by atoms with van der Waals surface area (Å²) < 4.78 is 10.7. The smallest absolute Gasteiger partial charge is 0.255 e. The number of benzene rings is 3. The Morgan fingerprint density at radius 3 is 2.38 bits per heavy atom. The van der Waals surface area contributed by atoms with Gasteiger partial charge in [0.15, 0.2) is 0 Å². The van der Waals surface area contributed by atoms with E-state index in [1.165, 1.54) is 0 Å². The molecule has 3 rings (SSSR count). The van der Waals surface area contributed by atoms with Crippen LogP contribution in [0.15, 0.2) is 72.8 Å². The second-order valence-electron chi connectivity index (χ2n) is 7.01. The lowest BCUT2D eigenvalue weighted by Crippen LogP contribution is -2.26. The minimum Gasteiger partial charge on any atom is -0.489 e. The number of anilines is 1. The fourth-order valence-corrected chi connectivity index (χ4v) is 3.17. The maximum Gasteiger partial charge on any atom is 0.255 e. The number of para-hydroxylation sites is 1. The predicted molar refractivity (Wildman–Crippen MR) is 125 cm³/mol. The van der Waals surface area contributed by atoms with Crippen molar-refractivity contribution in [3.63, 3.8) is 0 Å². The Labute approximate surface area is 192 Å². The molecule has 2 N–H and O–H groups in total. The van der Waals surface area contributed by atoms with E-state index < -0.39 is 0 Å². The van der Waals surface area contributed by atoms with Crippen molar-refractivity contribution in [3.8, 4) is 5.75 Å². The molecule has 2 amide bonds. The minimum absolute atomic E-state index is 0.250. The SMILES string of the molecule is COCCCNC(=O)c1ccccc1NC(=O)c1ccc(OCc2ccccc2Cl)cc1. The van der Waals surface area contributed by atoms with Crippen LogP contribution in [0.25, 0.3) is 0 Å². The zero-order valence-electron chi connectivity index (χ0n) is 17.8. The summed E-state index contributed by atoms with van der Waals surface area (Å²) in [5.41, 5.74) is 2.18.